The molecule has 0 N–H and O–H groups in total. The van der Waals surface area contributed by atoms with E-state index in [1.165, 1.54) is 25.7 Å². The first-order valence-corrected chi connectivity index (χ1v) is 10.0. The molecule has 0 spiro atoms. The Kier molecular flexibility index (Phi) is 1.49. The Bertz CT molecular complexity index is 577. The van der Waals surface area contributed by atoms with Crippen LogP contribution in [-0.4, -0.2) is 23.4 Å². The van der Waals surface area contributed by atoms with Crippen molar-refractivity contribution in [3.8, 4) is 0 Å². The zero-order chi connectivity index (χ0) is 14.2. The van der Waals surface area contributed by atoms with E-state index in [0.29, 0.717) is 12.2 Å². The van der Waals surface area contributed by atoms with Gasteiger partial charge in [-0.05, 0) is 98.7 Å². The lowest BCUT2D eigenvalue weighted by Gasteiger charge is -2.36. The molecule has 0 radical (unpaired) electrons. The van der Waals surface area contributed by atoms with Crippen molar-refractivity contribution in [1.82, 2.24) is 0 Å². The van der Waals surface area contributed by atoms with Crippen LogP contribution < -0.4 is 0 Å². The molecule has 2 nitrogen and oxygen atoms in total. The minimum atomic E-state index is 0.253. The van der Waals surface area contributed by atoms with E-state index in [0.717, 1.165) is 59.2 Å². The third-order valence-electron chi connectivity index (χ3n) is 10.7. The molecule has 2 saturated heterocycles. The van der Waals surface area contributed by atoms with Crippen molar-refractivity contribution in [3.63, 3.8) is 0 Å². The molecule has 0 aromatic carbocycles. The van der Waals surface area contributed by atoms with Crippen molar-refractivity contribution in [2.24, 2.45) is 59.2 Å². The molecule has 22 heavy (non-hydrogen) atoms. The molecule has 2 aliphatic heterocycles. The van der Waals surface area contributed by atoms with Gasteiger partial charge in [0.05, 0.1) is 23.4 Å². The average molecular weight is 298 g/mol. The van der Waals surface area contributed by atoms with E-state index >= 15 is 0 Å². The molecule has 0 bridgehead atoms. The van der Waals surface area contributed by atoms with Gasteiger partial charge < -0.3 is 9.47 Å². The molecule has 6 aliphatic carbocycles. The van der Waals surface area contributed by atoms with E-state index in [1.54, 1.807) is 0 Å². The Labute approximate surface area is 132 Å². The standard InChI is InChI=1S/C20H26O2/c1-19-15-7-3-6-10-12(7)18-13(15)14-16(20(18,2)22-10)8-4-5-9(21-19)11(8)17(14)19/h7-18H,3-6H2,1-2H3/t7-,8+,9+,10-,11-,12-,13-,14+,15+,16+,17+,18-,19-,20+/m1/s1. The van der Waals surface area contributed by atoms with Crippen molar-refractivity contribution < 1.29 is 9.47 Å². The van der Waals surface area contributed by atoms with Crippen LogP contribution in [0.1, 0.15) is 39.5 Å². The number of hydrogen-bond donors (Lipinski definition) is 0. The Morgan fingerprint density at radius 3 is 1.50 bits per heavy atom. The maximum atomic E-state index is 6.93. The topological polar surface area (TPSA) is 18.5 Å². The summed E-state index contributed by atoms with van der Waals surface area (Å²) in [5.41, 5.74) is 0.507. The van der Waals surface area contributed by atoms with Crippen LogP contribution in [0.25, 0.3) is 0 Å². The van der Waals surface area contributed by atoms with E-state index in [2.05, 4.69) is 13.8 Å². The van der Waals surface area contributed by atoms with E-state index in [9.17, 15) is 0 Å². The fourth-order valence-corrected chi connectivity index (χ4v) is 11.2. The van der Waals surface area contributed by atoms with Crippen LogP contribution in [0.15, 0.2) is 0 Å². The molecule has 6 saturated carbocycles. The van der Waals surface area contributed by atoms with Crippen molar-refractivity contribution >= 4 is 0 Å². The molecule has 0 aromatic rings. The normalized spacial score (nSPS) is 83.2. The molecule has 8 fully saturated rings. The summed E-state index contributed by atoms with van der Waals surface area (Å²) < 4.78 is 13.9. The quantitative estimate of drug-likeness (QED) is 0.684. The summed E-state index contributed by atoms with van der Waals surface area (Å²) in [4.78, 5) is 0. The summed E-state index contributed by atoms with van der Waals surface area (Å²) in [5.74, 6) is 9.21. The second-order valence-corrected chi connectivity index (χ2v) is 10.6. The van der Waals surface area contributed by atoms with Crippen LogP contribution >= 0.6 is 0 Å². The molecule has 0 unspecified atom stereocenters. The fourth-order valence-electron chi connectivity index (χ4n) is 11.2. The zero-order valence-corrected chi connectivity index (χ0v) is 13.6. The molecule has 0 aromatic heterocycles. The van der Waals surface area contributed by atoms with Crippen LogP contribution in [0.2, 0.25) is 0 Å². The van der Waals surface area contributed by atoms with Gasteiger partial charge >= 0.3 is 0 Å². The van der Waals surface area contributed by atoms with Gasteiger partial charge in [0.1, 0.15) is 0 Å². The summed E-state index contributed by atoms with van der Waals surface area (Å²) in [6, 6.07) is 0. The maximum absolute atomic E-state index is 6.93. The highest BCUT2D eigenvalue weighted by atomic mass is 16.5. The lowest BCUT2D eigenvalue weighted by molar-refractivity contribution is -0.109. The highest BCUT2D eigenvalue weighted by Gasteiger charge is 2.88. The SMILES string of the molecule is C[C@]12O[C@H]3CC[C@H]4[C@H]3[C@H]1[C@H]1[C@H]3[C@H]5[C@@H]6[C@@H](CC[C@H]6O[C@@]5(C)[C@@H]41)[C@@H]32. The highest BCUT2D eigenvalue weighted by molar-refractivity contribution is 5.35. The van der Waals surface area contributed by atoms with E-state index in [1.807, 2.05) is 0 Å². The predicted molar refractivity (Wildman–Crippen MR) is 79.9 cm³/mol. The smallest absolute Gasteiger partial charge is 0.0726 e. The molecule has 2 heterocycles. The third-order valence-corrected chi connectivity index (χ3v) is 10.7. The maximum Gasteiger partial charge on any atom is 0.0726 e. The Balaban J connectivity index is 1.46. The second-order valence-electron chi connectivity index (χ2n) is 10.6. The number of rotatable bonds is 0. The van der Waals surface area contributed by atoms with Gasteiger partial charge in [-0.2, -0.15) is 0 Å². The van der Waals surface area contributed by atoms with Crippen LogP contribution in [0.3, 0.4) is 0 Å². The van der Waals surface area contributed by atoms with Crippen molar-refractivity contribution in [3.05, 3.63) is 0 Å². The lowest BCUT2D eigenvalue weighted by Crippen LogP contribution is -2.42. The van der Waals surface area contributed by atoms with Gasteiger partial charge in [0, 0.05) is 0 Å². The Hall–Kier alpha value is -0.0800. The molecule has 2 heteroatoms. The minimum Gasteiger partial charge on any atom is -0.371 e. The first kappa shape index (κ1) is 11.5. The summed E-state index contributed by atoms with van der Waals surface area (Å²) >= 11 is 0. The largest absolute Gasteiger partial charge is 0.371 e. The van der Waals surface area contributed by atoms with E-state index in [4.69, 9.17) is 9.47 Å². The molecule has 118 valence electrons. The summed E-state index contributed by atoms with van der Waals surface area (Å²) in [5, 5.41) is 0. The predicted octanol–water partition coefficient (Wildman–Crippen LogP) is 3.11. The van der Waals surface area contributed by atoms with Crippen LogP contribution in [0.4, 0.5) is 0 Å². The van der Waals surface area contributed by atoms with Gasteiger partial charge in [-0.3, -0.25) is 0 Å². The Morgan fingerprint density at radius 2 is 1.05 bits per heavy atom. The first-order chi connectivity index (χ1) is 10.6. The molecule has 14 atom stereocenters. The van der Waals surface area contributed by atoms with Gasteiger partial charge in [-0.1, -0.05) is 0 Å². The average Bonchev–Trinajstić information content (AvgIpc) is 3.19. The third kappa shape index (κ3) is 0.775. The van der Waals surface area contributed by atoms with E-state index in [-0.39, 0.29) is 11.2 Å². The van der Waals surface area contributed by atoms with Gasteiger partial charge in [-0.15, -0.1) is 0 Å². The number of ether oxygens (including phenoxy) is 2. The first-order valence-electron chi connectivity index (χ1n) is 10.0. The summed E-state index contributed by atoms with van der Waals surface area (Å²) in [6.07, 6.45) is 6.80. The van der Waals surface area contributed by atoms with Crippen LogP contribution in [0.5, 0.6) is 0 Å². The summed E-state index contributed by atoms with van der Waals surface area (Å²) in [6.45, 7) is 5.12. The lowest BCUT2D eigenvalue weighted by atomic mass is 9.72. The van der Waals surface area contributed by atoms with Crippen LogP contribution in [-0.2, 0) is 9.47 Å². The summed E-state index contributed by atoms with van der Waals surface area (Å²) in [7, 11) is 0. The minimum absolute atomic E-state index is 0.253. The molecule has 8 rings (SSSR count). The van der Waals surface area contributed by atoms with Gasteiger partial charge in [0.2, 0.25) is 0 Å². The fraction of sp³-hybridized carbons (Fsp3) is 1.00. The molecular weight excluding hydrogens is 272 g/mol. The van der Waals surface area contributed by atoms with Gasteiger partial charge in [0.15, 0.2) is 0 Å². The monoisotopic (exact) mass is 298 g/mol. The van der Waals surface area contributed by atoms with E-state index < -0.39 is 0 Å². The second kappa shape index (κ2) is 2.86. The zero-order valence-electron chi connectivity index (χ0n) is 13.6. The highest BCUT2D eigenvalue weighted by Crippen LogP contribution is 2.86. The number of hydrogen-bond acceptors (Lipinski definition) is 2. The molecule has 8 aliphatic rings. The molecular formula is C20H26O2. The molecule has 0 amide bonds. The van der Waals surface area contributed by atoms with Gasteiger partial charge in [0.25, 0.3) is 0 Å². The number of fused-ring (bicyclic) bond motifs is 4. The Morgan fingerprint density at radius 1 is 0.591 bits per heavy atom. The van der Waals surface area contributed by atoms with Gasteiger partial charge in [-0.25, -0.2) is 0 Å². The van der Waals surface area contributed by atoms with Crippen molar-refractivity contribution in [2.75, 3.05) is 0 Å². The van der Waals surface area contributed by atoms with Crippen LogP contribution in [0, 0.1) is 59.2 Å². The van der Waals surface area contributed by atoms with Crippen molar-refractivity contribution in [2.45, 2.75) is 62.9 Å². The van der Waals surface area contributed by atoms with Crippen molar-refractivity contribution in [1.29, 1.82) is 0 Å².